The van der Waals surface area contributed by atoms with E-state index >= 15 is 0 Å². The highest BCUT2D eigenvalue weighted by atomic mass is 32.2. The molecule has 0 spiro atoms. The van der Waals surface area contributed by atoms with Crippen LogP contribution in [0.2, 0.25) is 0 Å². The van der Waals surface area contributed by atoms with E-state index in [1.165, 1.54) is 32.1 Å². The van der Waals surface area contributed by atoms with E-state index < -0.39 is 15.4 Å². The van der Waals surface area contributed by atoms with Crippen LogP contribution < -0.4 is 0 Å². The fourth-order valence-electron chi connectivity index (χ4n) is 3.43. The molecule has 2 N–H and O–H groups in total. The Morgan fingerprint density at radius 3 is 1.42 bits per heavy atom. The largest absolute Gasteiger partial charge is 0.393 e. The summed E-state index contributed by atoms with van der Waals surface area (Å²) in [5.74, 6) is 0. The number of hydrogen-bond acceptors (Lipinski definition) is 3. The van der Waals surface area contributed by atoms with Crippen LogP contribution in [0.3, 0.4) is 0 Å². The van der Waals surface area contributed by atoms with Crippen molar-refractivity contribution in [3.8, 4) is 0 Å². The Morgan fingerprint density at radius 2 is 1.04 bits per heavy atom. The molecule has 5 heteroatoms. The van der Waals surface area contributed by atoms with Crippen molar-refractivity contribution < 1.29 is 18.1 Å². The van der Waals surface area contributed by atoms with Crippen molar-refractivity contribution in [2.24, 2.45) is 0 Å². The normalized spacial score (nSPS) is 14.5. The van der Waals surface area contributed by atoms with Crippen molar-refractivity contribution in [1.82, 2.24) is 0 Å². The molecular formula is C21H44O4S. The molecular weight excluding hydrogens is 348 g/mol. The topological polar surface area (TPSA) is 74.6 Å². The second kappa shape index (κ2) is 17.0. The minimum Gasteiger partial charge on any atom is -0.393 e. The average molecular weight is 393 g/mol. The van der Waals surface area contributed by atoms with Crippen LogP contribution in [0.15, 0.2) is 0 Å². The number of hydrogen-bond donors (Lipinski definition) is 2. The Kier molecular flexibility index (Phi) is 16.9. The van der Waals surface area contributed by atoms with Gasteiger partial charge in [-0.15, -0.1) is 0 Å². The first-order chi connectivity index (χ1) is 12.4. The number of rotatable bonds is 19. The van der Waals surface area contributed by atoms with Crippen LogP contribution >= 0.6 is 0 Å². The Morgan fingerprint density at radius 1 is 0.654 bits per heavy atom. The zero-order valence-electron chi connectivity index (χ0n) is 17.3. The van der Waals surface area contributed by atoms with E-state index in [0.717, 1.165) is 64.2 Å². The summed E-state index contributed by atoms with van der Waals surface area (Å²) in [4.78, 5) is 0. The van der Waals surface area contributed by atoms with E-state index in [9.17, 15) is 18.1 Å². The summed E-state index contributed by atoms with van der Waals surface area (Å²) in [5.41, 5.74) is 0. The summed E-state index contributed by atoms with van der Waals surface area (Å²) in [6, 6.07) is 0. The molecule has 158 valence electrons. The standard InChI is InChI=1S/C21H44O4S/c1-3-5-6-7-8-12-15-18-21(26(23,24)25)19-16-13-10-9-11-14-17-20(22)4-2/h20-22H,3-19H2,1-2H3,(H,23,24,25). The van der Waals surface area contributed by atoms with Gasteiger partial charge in [-0.05, 0) is 25.7 Å². The molecule has 0 heterocycles. The highest BCUT2D eigenvalue weighted by Crippen LogP contribution is 2.19. The number of aliphatic hydroxyl groups excluding tert-OH is 1. The molecule has 0 aromatic heterocycles. The maximum absolute atomic E-state index is 11.6. The van der Waals surface area contributed by atoms with Crippen LogP contribution in [0.1, 0.15) is 123 Å². The van der Waals surface area contributed by atoms with Gasteiger partial charge in [0.05, 0.1) is 11.4 Å². The van der Waals surface area contributed by atoms with Gasteiger partial charge in [0, 0.05) is 0 Å². The molecule has 0 amide bonds. The smallest absolute Gasteiger partial charge is 0.267 e. The lowest BCUT2D eigenvalue weighted by molar-refractivity contribution is 0.156. The van der Waals surface area contributed by atoms with Crippen molar-refractivity contribution in [2.45, 2.75) is 134 Å². The summed E-state index contributed by atoms with van der Waals surface area (Å²) >= 11 is 0. The predicted octanol–water partition coefficient (Wildman–Crippen LogP) is 6.28. The van der Waals surface area contributed by atoms with Crippen molar-refractivity contribution in [2.75, 3.05) is 0 Å². The van der Waals surface area contributed by atoms with E-state index in [1.807, 2.05) is 6.92 Å². The first-order valence-corrected chi connectivity index (χ1v) is 12.6. The summed E-state index contributed by atoms with van der Waals surface area (Å²) in [7, 11) is -3.91. The molecule has 0 saturated heterocycles. The summed E-state index contributed by atoms with van der Waals surface area (Å²) in [6.45, 7) is 4.20. The molecule has 0 aliphatic heterocycles. The minimum absolute atomic E-state index is 0.155. The average Bonchev–Trinajstić information content (AvgIpc) is 2.59. The fourth-order valence-corrected chi connectivity index (χ4v) is 4.36. The van der Waals surface area contributed by atoms with Gasteiger partial charge in [0.25, 0.3) is 10.1 Å². The van der Waals surface area contributed by atoms with Crippen LogP contribution in [0.5, 0.6) is 0 Å². The Bertz CT molecular complexity index is 395. The van der Waals surface area contributed by atoms with Crippen molar-refractivity contribution in [3.05, 3.63) is 0 Å². The van der Waals surface area contributed by atoms with E-state index in [4.69, 9.17) is 0 Å². The lowest BCUT2D eigenvalue weighted by Gasteiger charge is -2.14. The van der Waals surface area contributed by atoms with Crippen LogP contribution in [0.25, 0.3) is 0 Å². The van der Waals surface area contributed by atoms with E-state index in [1.54, 1.807) is 0 Å². The maximum atomic E-state index is 11.6. The van der Waals surface area contributed by atoms with Crippen molar-refractivity contribution >= 4 is 10.1 Å². The van der Waals surface area contributed by atoms with Crippen LogP contribution in [0.4, 0.5) is 0 Å². The van der Waals surface area contributed by atoms with Crippen molar-refractivity contribution in [3.63, 3.8) is 0 Å². The molecule has 0 fully saturated rings. The first-order valence-electron chi connectivity index (χ1n) is 11.1. The fraction of sp³-hybridized carbons (Fsp3) is 1.00. The van der Waals surface area contributed by atoms with Gasteiger partial charge in [0.1, 0.15) is 0 Å². The van der Waals surface area contributed by atoms with Gasteiger partial charge in [0.15, 0.2) is 0 Å². The van der Waals surface area contributed by atoms with E-state index in [0.29, 0.717) is 12.8 Å². The van der Waals surface area contributed by atoms with Gasteiger partial charge >= 0.3 is 0 Å². The number of unbranched alkanes of at least 4 members (excludes halogenated alkanes) is 11. The van der Waals surface area contributed by atoms with Crippen LogP contribution in [-0.2, 0) is 10.1 Å². The third-order valence-electron chi connectivity index (χ3n) is 5.34. The third-order valence-corrected chi connectivity index (χ3v) is 6.65. The Labute approximate surface area is 162 Å². The zero-order valence-corrected chi connectivity index (χ0v) is 18.1. The molecule has 0 bridgehead atoms. The SMILES string of the molecule is CCCCCCCCCC(CCCCCCCCC(O)CC)S(=O)(=O)O. The quantitative estimate of drug-likeness (QED) is 0.200. The summed E-state index contributed by atoms with van der Waals surface area (Å²) < 4.78 is 32.6. The molecule has 0 aliphatic rings. The van der Waals surface area contributed by atoms with Crippen LogP contribution in [0, 0.1) is 0 Å². The Balaban J connectivity index is 3.73. The second-order valence-electron chi connectivity index (χ2n) is 7.81. The predicted molar refractivity (Wildman–Crippen MR) is 111 cm³/mol. The Hall–Kier alpha value is -0.130. The van der Waals surface area contributed by atoms with Gasteiger partial charge in [0.2, 0.25) is 0 Å². The van der Waals surface area contributed by atoms with Gasteiger partial charge in [-0.3, -0.25) is 4.55 Å². The van der Waals surface area contributed by atoms with Gasteiger partial charge in [-0.2, -0.15) is 8.42 Å². The molecule has 0 saturated carbocycles. The molecule has 2 atom stereocenters. The third kappa shape index (κ3) is 16.1. The lowest BCUT2D eigenvalue weighted by atomic mass is 10.0. The number of aliphatic hydroxyl groups is 1. The molecule has 2 unspecified atom stereocenters. The maximum Gasteiger partial charge on any atom is 0.267 e. The first kappa shape index (κ1) is 25.9. The molecule has 4 nitrogen and oxygen atoms in total. The molecule has 26 heavy (non-hydrogen) atoms. The van der Waals surface area contributed by atoms with Crippen molar-refractivity contribution in [1.29, 1.82) is 0 Å². The van der Waals surface area contributed by atoms with E-state index in [2.05, 4.69) is 6.92 Å². The zero-order chi connectivity index (χ0) is 19.7. The molecule has 0 aromatic rings. The molecule has 0 radical (unpaired) electrons. The van der Waals surface area contributed by atoms with Gasteiger partial charge in [-0.1, -0.05) is 97.3 Å². The lowest BCUT2D eigenvalue weighted by Crippen LogP contribution is -2.20. The monoisotopic (exact) mass is 392 g/mol. The minimum atomic E-state index is -3.91. The highest BCUT2D eigenvalue weighted by molar-refractivity contribution is 7.86. The second-order valence-corrected chi connectivity index (χ2v) is 9.50. The molecule has 0 aromatic carbocycles. The van der Waals surface area contributed by atoms with E-state index in [-0.39, 0.29) is 6.10 Å². The molecule has 0 aliphatic carbocycles. The molecule has 0 rings (SSSR count). The highest BCUT2D eigenvalue weighted by Gasteiger charge is 2.21. The summed E-state index contributed by atoms with van der Waals surface area (Å²) in [6.07, 6.45) is 17.3. The summed E-state index contributed by atoms with van der Waals surface area (Å²) in [5, 5.41) is 8.93. The van der Waals surface area contributed by atoms with Gasteiger partial charge in [-0.25, -0.2) is 0 Å². The van der Waals surface area contributed by atoms with Crippen LogP contribution in [-0.4, -0.2) is 29.4 Å². The van der Waals surface area contributed by atoms with Gasteiger partial charge < -0.3 is 5.11 Å².